The second-order valence-corrected chi connectivity index (χ2v) is 28.1. The van der Waals surface area contributed by atoms with Gasteiger partial charge in [-0.25, -0.2) is 24.0 Å². The smallest absolute Gasteiger partial charge is 0.365 e. The molecule has 0 bridgehead atoms. The molecule has 0 N–H and O–H groups in total. The largest absolute Gasteiger partial charge is 0.486 e. The van der Waals surface area contributed by atoms with E-state index < -0.39 is 29.3 Å². The van der Waals surface area contributed by atoms with Crippen LogP contribution >= 0.6 is 27.7 Å². The van der Waals surface area contributed by atoms with Crippen molar-refractivity contribution in [2.75, 3.05) is 19.8 Å². The Bertz CT molecular complexity index is 5240. The molecule has 21 heteroatoms. The summed E-state index contributed by atoms with van der Waals surface area (Å²) in [4.78, 5) is 97.2. The lowest BCUT2D eigenvalue weighted by atomic mass is 9.98. The molecule has 3 aliphatic heterocycles. The number of rotatable bonds is 17. The number of halogens is 1. The molecule has 0 radical (unpaired) electrons. The molecule has 0 atom stereocenters. The predicted octanol–water partition coefficient (Wildman–Crippen LogP) is 20.1. The van der Waals surface area contributed by atoms with E-state index in [-0.39, 0.29) is 17.5 Å². The second-order valence-electron chi connectivity index (χ2n) is 26.0. The van der Waals surface area contributed by atoms with E-state index in [2.05, 4.69) is 53.5 Å². The van der Waals surface area contributed by atoms with E-state index in [0.717, 1.165) is 112 Å². The van der Waals surface area contributed by atoms with Gasteiger partial charge in [0.05, 0.1) is 38.9 Å². The van der Waals surface area contributed by atoms with Gasteiger partial charge in [-0.15, -0.1) is 0 Å². The van der Waals surface area contributed by atoms with Gasteiger partial charge in [-0.3, -0.25) is 4.79 Å². The van der Waals surface area contributed by atoms with Crippen LogP contribution in [0.1, 0.15) is 139 Å². The van der Waals surface area contributed by atoms with Crippen molar-refractivity contribution in [2.45, 2.75) is 97.3 Å². The number of ketones is 1. The average molecular weight is 1540 g/mol. The summed E-state index contributed by atoms with van der Waals surface area (Å²) >= 11 is 5.08. The lowest BCUT2D eigenvalue weighted by Crippen LogP contribution is -2.21. The molecule has 0 aromatic heterocycles. The number of carbonyl (C=O) groups excluding carboxylic acids is 6. The topological polar surface area (TPSA) is 238 Å². The van der Waals surface area contributed by atoms with Crippen LogP contribution in [-0.4, -0.2) is 84.0 Å². The Balaban J connectivity index is 0.000000149. The molecule has 0 fully saturated rings. The minimum atomic E-state index is -0.578. The van der Waals surface area contributed by atoms with Gasteiger partial charge in [0.25, 0.3) is 0 Å². The summed E-state index contributed by atoms with van der Waals surface area (Å²) in [6.45, 7) is 14.9. The molecule has 0 saturated heterocycles. The van der Waals surface area contributed by atoms with Crippen molar-refractivity contribution in [3.05, 3.63) is 292 Å². The van der Waals surface area contributed by atoms with Gasteiger partial charge < -0.3 is 38.4 Å². The number of Topliss-reactive ketones (excluding diaryl/α,β-unsaturated/α-hetero) is 1. The third-order valence-electron chi connectivity index (χ3n) is 16.7. The number of benzene rings is 11. The van der Waals surface area contributed by atoms with Crippen molar-refractivity contribution in [2.24, 2.45) is 31.2 Å². The van der Waals surface area contributed by atoms with Crippen molar-refractivity contribution in [1.82, 2.24) is 0 Å². The molecule has 0 unspecified atom stereocenters. The van der Waals surface area contributed by atoms with Crippen LogP contribution in [0.3, 0.4) is 0 Å². The summed E-state index contributed by atoms with van der Waals surface area (Å²) in [6, 6.07) is 76.6. The fraction of sp³-hybridized carbons (Fsp3) is 0.193. The molecule has 0 amide bonds. The van der Waals surface area contributed by atoms with Gasteiger partial charge in [0, 0.05) is 33.7 Å². The molecule has 11 aromatic carbocycles. The lowest BCUT2D eigenvalue weighted by molar-refractivity contribution is -0.153. The van der Waals surface area contributed by atoms with Crippen LogP contribution in [0.25, 0.3) is 32.3 Å². The molecule has 3 heterocycles. The van der Waals surface area contributed by atoms with Crippen molar-refractivity contribution in [3.63, 3.8) is 0 Å². The van der Waals surface area contributed by atoms with Crippen molar-refractivity contribution in [1.29, 1.82) is 0 Å². The minimum absolute atomic E-state index is 0.210. The van der Waals surface area contributed by atoms with Crippen LogP contribution in [0.4, 0.5) is 0 Å². The minimum Gasteiger partial charge on any atom is -0.486 e. The summed E-state index contributed by atoms with van der Waals surface area (Å²) < 4.78 is 17.8. The normalized spacial score (nSPS) is 13.5. The van der Waals surface area contributed by atoms with Gasteiger partial charge in [0.15, 0.2) is 0 Å². The number of hydrogen-bond acceptors (Lipinski definition) is 20. The van der Waals surface area contributed by atoms with Crippen molar-refractivity contribution < 1.29 is 67.2 Å². The molecule has 0 aliphatic carbocycles. The number of hydrogen-bond donors (Lipinski definition) is 0. The highest BCUT2D eigenvalue weighted by atomic mass is 79.9. The van der Waals surface area contributed by atoms with Gasteiger partial charge >= 0.3 is 29.8 Å². The molecule has 0 spiro atoms. The molecule has 3 aliphatic rings. The molecular formula is C88H80BrN5O14S. The van der Waals surface area contributed by atoms with E-state index in [1.54, 1.807) is 100 Å². The zero-order chi connectivity index (χ0) is 77.2. The number of carbonyl (C=O) groups is 6. The first-order valence-electron chi connectivity index (χ1n) is 35.2. The highest BCUT2D eigenvalue weighted by molar-refractivity contribution is 9.10. The fourth-order valence-corrected chi connectivity index (χ4v) is 12.3. The monoisotopic (exact) mass is 1540 g/mol. The molecule has 14 rings (SSSR count). The van der Waals surface area contributed by atoms with Crippen LogP contribution in [0.15, 0.2) is 283 Å². The Labute approximate surface area is 644 Å². The summed E-state index contributed by atoms with van der Waals surface area (Å²) in [7, 11) is 0. The number of ether oxygens (including phenoxy) is 3. The first kappa shape index (κ1) is 79.4. The Kier molecular flexibility index (Phi) is 28.3. The number of unbranched alkanes of at least 4 members (excludes halogenated alkanes) is 3. The quantitative estimate of drug-likeness (QED) is 0.0271. The van der Waals surface area contributed by atoms with E-state index in [1.807, 2.05) is 189 Å². The first-order chi connectivity index (χ1) is 52.7. The maximum Gasteiger partial charge on any atom is 0.365 e. The van der Waals surface area contributed by atoms with Gasteiger partial charge in [-0.2, -0.15) is 0 Å². The van der Waals surface area contributed by atoms with Crippen LogP contribution in [-0.2, 0) is 38.6 Å². The van der Waals surface area contributed by atoms with E-state index in [9.17, 15) is 28.8 Å². The van der Waals surface area contributed by atoms with Crippen molar-refractivity contribution in [3.8, 4) is 17.2 Å². The van der Waals surface area contributed by atoms with Gasteiger partial charge in [-0.05, 0) is 176 Å². The average Bonchev–Trinajstić information content (AvgIpc) is 1.68. The summed E-state index contributed by atoms with van der Waals surface area (Å²) in [5.41, 5.74) is 8.55. The molecule has 11 aromatic rings. The predicted molar refractivity (Wildman–Crippen MR) is 429 cm³/mol. The van der Waals surface area contributed by atoms with Crippen molar-refractivity contribution >= 4 is 124 Å². The van der Waals surface area contributed by atoms with Crippen LogP contribution in [0.5, 0.6) is 17.2 Å². The third-order valence-corrected chi connectivity index (χ3v) is 18.2. The van der Waals surface area contributed by atoms with E-state index >= 15 is 0 Å². The number of aryl methyl sites for hydroxylation is 1. The SMILES string of the molecule is CC(=O)O/N=C(\C)c1ccc(C)cc1.CC(=O)O/N=C1\COc2ccc3cc(Br)ccc3c21.CC(C)(C)C(=O)O/N=C1\COc2ccc3ccccc3c21.CCCCCC/C(=N\OC(=O)c1ccccc1)C(=O)c1ccc(Sc2ccccc2)cc1.O=C(O/N=C1\COc2ccc3ccccc3c21)c1ccccc1. The lowest BCUT2D eigenvalue weighted by Gasteiger charge is -2.13. The maximum atomic E-state index is 13.1. The van der Waals surface area contributed by atoms with Crippen LogP contribution in [0, 0.1) is 12.3 Å². The van der Waals surface area contributed by atoms with E-state index in [1.165, 1.54) is 19.4 Å². The first-order valence-corrected chi connectivity index (χ1v) is 36.8. The standard InChI is InChI=1S/C27H27NO3S.C19H13NO3.C17H17NO3.C14H10BrNO3.C11H13NO2/c1-2-3-4-11-16-25(28-31-27(30)22-12-7-5-8-13-22)26(29)21-17-19-24(20-18-21)32-23-14-9-6-10-15-23;21-19(14-7-2-1-3-8-14)23-20-16-12-22-17-11-10-13-6-4-5-9-15(13)18(16)17;1-17(2,3)16(19)21-18-13-10-20-14-9-8-11-6-4-5-7-12(11)15(13)14;1-8(17)19-16-12-7-18-13-5-2-9-6-10(15)3-4-11(9)14(12)13;1-8-4-6-11(7-5-8)9(2)12-14-10(3)13/h5-10,12-15,17-20H,2-4,11,16H2,1H3;1-11H,12H2;4-9H,10H2,1-3H3;2-6H,7H2,1H3;4-7H,1-3H3/b28-25+;20-16+;18-13+;16-12+;12-9+. The third kappa shape index (κ3) is 22.4. The molecule has 109 heavy (non-hydrogen) atoms. The summed E-state index contributed by atoms with van der Waals surface area (Å²) in [5.74, 6) is -0.160. The molecule has 0 saturated carbocycles. The maximum absolute atomic E-state index is 13.1. The molecule has 554 valence electrons. The number of nitrogens with zero attached hydrogens (tertiary/aromatic N) is 5. The Morgan fingerprint density at radius 1 is 0.431 bits per heavy atom. The van der Waals surface area contributed by atoms with Gasteiger partial charge in [0.2, 0.25) is 5.78 Å². The van der Waals surface area contributed by atoms with Crippen LogP contribution < -0.4 is 14.2 Å². The highest BCUT2D eigenvalue weighted by Gasteiger charge is 2.28. The Hall–Kier alpha value is -12.2. The Morgan fingerprint density at radius 2 is 0.881 bits per heavy atom. The second kappa shape index (κ2) is 38.9. The fourth-order valence-electron chi connectivity index (χ4n) is 11.1. The van der Waals surface area contributed by atoms with E-state index in [4.69, 9.17) is 33.6 Å². The summed E-state index contributed by atoms with van der Waals surface area (Å²) in [6.07, 6.45) is 4.49. The van der Waals surface area contributed by atoms with Crippen LogP contribution in [0.2, 0.25) is 0 Å². The van der Waals surface area contributed by atoms with Gasteiger partial charge in [0.1, 0.15) is 59.9 Å². The molecule has 19 nitrogen and oxygen atoms in total. The highest BCUT2D eigenvalue weighted by Crippen LogP contribution is 2.37. The zero-order valence-electron chi connectivity index (χ0n) is 61.5. The summed E-state index contributed by atoms with van der Waals surface area (Å²) in [5, 5.41) is 26.0. The molecular weight excluding hydrogens is 1460 g/mol. The van der Waals surface area contributed by atoms with Gasteiger partial charge in [-0.1, -0.05) is 237 Å². The number of fused-ring (bicyclic) bond motifs is 9. The zero-order valence-corrected chi connectivity index (χ0v) is 63.9. The Morgan fingerprint density at radius 3 is 1.39 bits per heavy atom. The number of oxime groups is 5. The van der Waals surface area contributed by atoms with E-state index in [0.29, 0.717) is 65.8 Å².